The fourth-order valence-electron chi connectivity index (χ4n) is 2.06. The van der Waals surface area contributed by atoms with Gasteiger partial charge in [-0.1, -0.05) is 11.6 Å². The lowest BCUT2D eigenvalue weighted by atomic mass is 10.2. The number of nitriles is 1. The number of ether oxygens (including phenoxy) is 3. The van der Waals surface area contributed by atoms with Crippen molar-refractivity contribution in [2.45, 2.75) is 0 Å². The van der Waals surface area contributed by atoms with Gasteiger partial charge in [-0.3, -0.25) is 20.4 Å². The third-order valence-corrected chi connectivity index (χ3v) is 3.65. The van der Waals surface area contributed by atoms with Crippen molar-refractivity contribution in [2.75, 3.05) is 20.8 Å². The Morgan fingerprint density at radius 2 is 1.81 bits per heavy atom. The van der Waals surface area contributed by atoms with Crippen LogP contribution in [0.3, 0.4) is 0 Å². The number of amides is 2. The zero-order chi connectivity index (χ0) is 19.8. The number of hydrogen-bond donors (Lipinski definition) is 2. The third-order valence-electron chi connectivity index (χ3n) is 3.36. The maximum Gasteiger partial charge on any atom is 0.276 e. The number of nitrogens with zero attached hydrogens (tertiary/aromatic N) is 1. The molecule has 0 atom stereocenters. The first-order chi connectivity index (χ1) is 13.0. The van der Waals surface area contributed by atoms with E-state index in [0.717, 1.165) is 0 Å². The minimum atomic E-state index is -0.593. The summed E-state index contributed by atoms with van der Waals surface area (Å²) in [6.07, 6.45) is 0. The summed E-state index contributed by atoms with van der Waals surface area (Å²) in [5, 5.41) is 8.92. The van der Waals surface area contributed by atoms with Crippen molar-refractivity contribution in [3.05, 3.63) is 52.5 Å². The molecule has 2 rings (SSSR count). The molecule has 0 aliphatic rings. The molecule has 0 saturated heterocycles. The van der Waals surface area contributed by atoms with Gasteiger partial charge in [0.1, 0.15) is 5.75 Å². The number of halogens is 1. The number of carbonyl (C=O) groups excluding carboxylic acids is 2. The standard InChI is InChI=1S/C18H16ClN3O5/c1-25-15-8-12(7-14(19)17(15)26-2)18(24)22-21-16(23)10-27-13-5-3-11(9-20)4-6-13/h3-8H,10H2,1-2H3,(H,21,23)(H,22,24). The van der Waals surface area contributed by atoms with Crippen LogP contribution in [-0.4, -0.2) is 32.6 Å². The van der Waals surface area contributed by atoms with Gasteiger partial charge in [-0.2, -0.15) is 5.26 Å². The van der Waals surface area contributed by atoms with E-state index in [1.165, 1.54) is 26.4 Å². The SMILES string of the molecule is COc1cc(C(=O)NNC(=O)COc2ccc(C#N)cc2)cc(Cl)c1OC. The van der Waals surface area contributed by atoms with Crippen LogP contribution in [0.4, 0.5) is 0 Å². The minimum Gasteiger partial charge on any atom is -0.493 e. The quantitative estimate of drug-likeness (QED) is 0.732. The molecule has 8 nitrogen and oxygen atoms in total. The van der Waals surface area contributed by atoms with E-state index < -0.39 is 11.8 Å². The third kappa shape index (κ3) is 5.26. The zero-order valence-electron chi connectivity index (χ0n) is 14.5. The van der Waals surface area contributed by atoms with Crippen LogP contribution in [0.2, 0.25) is 5.02 Å². The topological polar surface area (TPSA) is 110 Å². The fourth-order valence-corrected chi connectivity index (χ4v) is 2.35. The van der Waals surface area contributed by atoms with E-state index in [-0.39, 0.29) is 22.9 Å². The van der Waals surface area contributed by atoms with E-state index >= 15 is 0 Å². The number of hydrazine groups is 1. The first-order valence-electron chi connectivity index (χ1n) is 7.62. The highest BCUT2D eigenvalue weighted by Crippen LogP contribution is 2.35. The van der Waals surface area contributed by atoms with Crippen molar-refractivity contribution in [1.82, 2.24) is 10.9 Å². The molecule has 0 spiro atoms. The number of methoxy groups -OCH3 is 2. The second-order valence-electron chi connectivity index (χ2n) is 5.12. The number of benzene rings is 2. The Kier molecular flexibility index (Phi) is 6.86. The van der Waals surface area contributed by atoms with Crippen LogP contribution < -0.4 is 25.1 Å². The van der Waals surface area contributed by atoms with E-state index in [9.17, 15) is 9.59 Å². The highest BCUT2D eigenvalue weighted by atomic mass is 35.5. The maximum absolute atomic E-state index is 12.2. The zero-order valence-corrected chi connectivity index (χ0v) is 15.3. The Labute approximate surface area is 160 Å². The molecule has 2 amide bonds. The summed E-state index contributed by atoms with van der Waals surface area (Å²) >= 11 is 6.05. The summed E-state index contributed by atoms with van der Waals surface area (Å²) in [5.74, 6) is -0.160. The molecule has 0 saturated carbocycles. The minimum absolute atomic E-state index is 0.172. The summed E-state index contributed by atoms with van der Waals surface area (Å²) in [6, 6.07) is 11.1. The molecule has 140 valence electrons. The number of carbonyl (C=O) groups is 2. The van der Waals surface area contributed by atoms with Gasteiger partial charge in [0.05, 0.1) is 30.9 Å². The van der Waals surface area contributed by atoms with Crippen molar-refractivity contribution in [2.24, 2.45) is 0 Å². The second-order valence-corrected chi connectivity index (χ2v) is 5.53. The number of hydrogen-bond acceptors (Lipinski definition) is 6. The van der Waals surface area contributed by atoms with Gasteiger partial charge in [0, 0.05) is 5.56 Å². The largest absolute Gasteiger partial charge is 0.493 e. The predicted octanol–water partition coefficient (Wildman–Crippen LogP) is 2.07. The Bertz CT molecular complexity index is 878. The highest BCUT2D eigenvalue weighted by Gasteiger charge is 2.15. The van der Waals surface area contributed by atoms with E-state index in [1.54, 1.807) is 24.3 Å². The first-order valence-corrected chi connectivity index (χ1v) is 8.00. The van der Waals surface area contributed by atoms with Crippen molar-refractivity contribution in [3.63, 3.8) is 0 Å². The van der Waals surface area contributed by atoms with Gasteiger partial charge in [-0.15, -0.1) is 0 Å². The van der Waals surface area contributed by atoms with Crippen LogP contribution in [0, 0.1) is 11.3 Å². The van der Waals surface area contributed by atoms with Gasteiger partial charge in [0.25, 0.3) is 11.8 Å². The van der Waals surface area contributed by atoms with Crippen molar-refractivity contribution in [3.8, 4) is 23.3 Å². The van der Waals surface area contributed by atoms with Crippen LogP contribution in [0.1, 0.15) is 15.9 Å². The van der Waals surface area contributed by atoms with E-state index in [1.807, 2.05) is 6.07 Å². The molecule has 0 fully saturated rings. The Morgan fingerprint density at radius 1 is 1.11 bits per heavy atom. The van der Waals surface area contributed by atoms with E-state index in [0.29, 0.717) is 17.1 Å². The number of rotatable bonds is 6. The summed E-state index contributed by atoms with van der Waals surface area (Å²) in [4.78, 5) is 24.0. The smallest absolute Gasteiger partial charge is 0.276 e. The molecular weight excluding hydrogens is 374 g/mol. The summed E-state index contributed by atoms with van der Waals surface area (Å²) in [5.41, 5.74) is 5.13. The molecule has 0 bridgehead atoms. The second kappa shape index (κ2) is 9.31. The fraction of sp³-hybridized carbons (Fsp3) is 0.167. The molecule has 0 aliphatic heterocycles. The van der Waals surface area contributed by atoms with Gasteiger partial charge in [-0.05, 0) is 36.4 Å². The number of nitrogens with one attached hydrogen (secondary N) is 2. The van der Waals surface area contributed by atoms with Crippen LogP contribution in [-0.2, 0) is 4.79 Å². The van der Waals surface area contributed by atoms with Gasteiger partial charge in [-0.25, -0.2) is 0 Å². The van der Waals surface area contributed by atoms with Crippen LogP contribution in [0.5, 0.6) is 17.2 Å². The van der Waals surface area contributed by atoms with Crippen molar-refractivity contribution < 1.29 is 23.8 Å². The van der Waals surface area contributed by atoms with Gasteiger partial charge >= 0.3 is 0 Å². The lowest BCUT2D eigenvalue weighted by molar-refractivity contribution is -0.123. The Hall–Kier alpha value is -3.44. The molecular formula is C18H16ClN3O5. The Balaban J connectivity index is 1.90. The normalized spacial score (nSPS) is 9.70. The van der Waals surface area contributed by atoms with E-state index in [2.05, 4.69) is 10.9 Å². The molecule has 0 aromatic heterocycles. The van der Waals surface area contributed by atoms with E-state index in [4.69, 9.17) is 31.1 Å². The van der Waals surface area contributed by atoms with Gasteiger partial charge < -0.3 is 14.2 Å². The van der Waals surface area contributed by atoms with Crippen molar-refractivity contribution in [1.29, 1.82) is 5.26 Å². The van der Waals surface area contributed by atoms with Crippen LogP contribution >= 0.6 is 11.6 Å². The molecule has 0 aliphatic carbocycles. The average Bonchev–Trinajstić information content (AvgIpc) is 2.69. The van der Waals surface area contributed by atoms with Crippen LogP contribution in [0.25, 0.3) is 0 Å². The molecule has 2 N–H and O–H groups in total. The summed E-state index contributed by atoms with van der Waals surface area (Å²) < 4.78 is 15.5. The predicted molar refractivity (Wildman–Crippen MR) is 96.8 cm³/mol. The molecule has 2 aromatic carbocycles. The van der Waals surface area contributed by atoms with Gasteiger partial charge in [0.2, 0.25) is 0 Å². The van der Waals surface area contributed by atoms with Crippen LogP contribution in [0.15, 0.2) is 36.4 Å². The molecule has 9 heteroatoms. The van der Waals surface area contributed by atoms with Crippen molar-refractivity contribution >= 4 is 23.4 Å². The van der Waals surface area contributed by atoms with Gasteiger partial charge in [0.15, 0.2) is 18.1 Å². The monoisotopic (exact) mass is 389 g/mol. The molecule has 0 radical (unpaired) electrons. The molecule has 27 heavy (non-hydrogen) atoms. The summed E-state index contributed by atoms with van der Waals surface area (Å²) in [7, 11) is 2.84. The molecule has 0 heterocycles. The first kappa shape index (κ1) is 19.9. The Morgan fingerprint density at radius 3 is 2.41 bits per heavy atom. The highest BCUT2D eigenvalue weighted by molar-refractivity contribution is 6.32. The average molecular weight is 390 g/mol. The molecule has 0 unspecified atom stereocenters. The lowest BCUT2D eigenvalue weighted by Crippen LogP contribution is -2.43. The summed E-state index contributed by atoms with van der Waals surface area (Å²) in [6.45, 7) is -0.321. The molecule has 2 aromatic rings. The maximum atomic E-state index is 12.2. The lowest BCUT2D eigenvalue weighted by Gasteiger charge is -2.12.